The van der Waals surface area contributed by atoms with Crippen LogP contribution in [0.25, 0.3) is 0 Å². The number of hydrogen-bond donors (Lipinski definition) is 2. The first-order chi connectivity index (χ1) is 35.1. The van der Waals surface area contributed by atoms with Gasteiger partial charge in [-0.2, -0.15) is 0 Å². The molecule has 0 unspecified atom stereocenters. The molecule has 2 heterocycles. The average Bonchev–Trinajstić information content (AvgIpc) is 3.41. The molecule has 0 radical (unpaired) electrons. The second-order valence-electron chi connectivity index (χ2n) is 16.9. The maximum absolute atomic E-state index is 14.3. The van der Waals surface area contributed by atoms with Crippen molar-refractivity contribution in [2.24, 2.45) is 0 Å². The number of nitrogens with one attached hydrogen (secondary N) is 1. The Morgan fingerprint density at radius 3 is 1.38 bits per heavy atom. The van der Waals surface area contributed by atoms with Gasteiger partial charge in [0.15, 0.2) is 30.9 Å². The highest BCUT2D eigenvalue weighted by molar-refractivity contribution is 5.91. The van der Waals surface area contributed by atoms with Crippen LogP contribution in [0, 0.1) is 0 Å². The van der Waals surface area contributed by atoms with Gasteiger partial charge in [-0.15, -0.1) is 0 Å². The highest BCUT2D eigenvalue weighted by Gasteiger charge is 2.57. The van der Waals surface area contributed by atoms with Crippen LogP contribution in [0.5, 0.6) is 0 Å². The van der Waals surface area contributed by atoms with E-state index >= 15 is 0 Å². The van der Waals surface area contributed by atoms with Crippen LogP contribution in [0.4, 0.5) is 0 Å². The van der Waals surface area contributed by atoms with Gasteiger partial charge in [0.05, 0.1) is 42.1 Å². The van der Waals surface area contributed by atoms with Crippen LogP contribution in [-0.4, -0.2) is 109 Å². The molecule has 0 saturated carbocycles. The number of ether oxygens (including phenoxy) is 9. The molecule has 0 aliphatic carbocycles. The minimum Gasteiger partial charge on any atom is -0.459 e. The summed E-state index contributed by atoms with van der Waals surface area (Å²) in [6.07, 6.45) is -14.0. The van der Waals surface area contributed by atoms with E-state index in [-0.39, 0.29) is 42.1 Å². The first-order valence-corrected chi connectivity index (χ1v) is 23.3. The van der Waals surface area contributed by atoms with Crippen LogP contribution in [-0.2, 0) is 60.6 Å². The highest BCUT2D eigenvalue weighted by atomic mass is 16.8. The van der Waals surface area contributed by atoms with Crippen LogP contribution < -0.4 is 5.32 Å². The molecule has 0 aromatic heterocycles. The number of hydrogen-bond acceptors (Lipinski definition) is 15. The Balaban J connectivity index is 1.24. The van der Waals surface area contributed by atoms with Crippen LogP contribution in [0.1, 0.15) is 59.5 Å². The number of amides is 1. The molecular formula is C56H53NO15. The van der Waals surface area contributed by atoms with Gasteiger partial charge in [-0.1, -0.05) is 133 Å². The molecule has 2 fully saturated rings. The Bertz CT molecular complexity index is 2680. The predicted molar refractivity (Wildman–Crippen MR) is 257 cm³/mol. The molecular weight excluding hydrogens is 927 g/mol. The summed E-state index contributed by atoms with van der Waals surface area (Å²) in [7, 11) is 0. The van der Waals surface area contributed by atoms with Crippen molar-refractivity contribution < 1.29 is 71.7 Å². The summed E-state index contributed by atoms with van der Waals surface area (Å²) in [6, 6.07) is 49.2. The standard InChI is InChI=1S/C56H53NO15/c1-36(58)57-45-48(65-33-38-22-10-3-11-23-38)46(43(67-55(45)63)34-64-32-37-20-8-2-9-21-37)72-56-50(71-54(62)42-30-18-7-19-31-42)49(70-53(61)41-28-16-6-17-29-41)47(69-52(60)40-26-14-5-15-27-40)44(68-56)35-66-51(59)39-24-12-4-13-25-39/h2-31,43-50,55-56,63H,32-35H2,1H3,(H,57,58)/t43-,44-,45-,46-,47-,48-,49+,50-,55+,56+/m1/s1. The Labute approximate surface area is 415 Å². The lowest BCUT2D eigenvalue weighted by atomic mass is 9.94. The fraction of sp³-hybridized carbons (Fsp3) is 0.268. The zero-order valence-electron chi connectivity index (χ0n) is 39.1. The van der Waals surface area contributed by atoms with Gasteiger partial charge in [0, 0.05) is 6.92 Å². The van der Waals surface area contributed by atoms with E-state index in [9.17, 15) is 29.1 Å². The van der Waals surface area contributed by atoms with Crippen molar-refractivity contribution in [2.45, 2.75) is 81.5 Å². The second-order valence-corrected chi connectivity index (χ2v) is 16.9. The lowest BCUT2D eigenvalue weighted by Gasteiger charge is -2.49. The van der Waals surface area contributed by atoms with Gasteiger partial charge >= 0.3 is 23.9 Å². The normalized spacial score (nSPS) is 23.7. The number of aliphatic hydroxyl groups excluding tert-OH is 1. The number of aliphatic hydroxyl groups is 1. The molecule has 10 atom stereocenters. The summed E-state index contributed by atoms with van der Waals surface area (Å²) in [6.45, 7) is 0.491. The van der Waals surface area contributed by atoms with Gasteiger partial charge in [-0.3, -0.25) is 4.79 Å². The highest BCUT2D eigenvalue weighted by Crippen LogP contribution is 2.36. The molecule has 16 nitrogen and oxygen atoms in total. The van der Waals surface area contributed by atoms with Gasteiger partial charge in [0.1, 0.15) is 37.1 Å². The van der Waals surface area contributed by atoms with Gasteiger partial charge < -0.3 is 53.1 Å². The van der Waals surface area contributed by atoms with Gasteiger partial charge in [0.25, 0.3) is 0 Å². The van der Waals surface area contributed by atoms with Crippen LogP contribution in [0.2, 0.25) is 0 Å². The lowest BCUT2D eigenvalue weighted by Crippen LogP contribution is -2.68. The minimum atomic E-state index is -1.81. The zero-order valence-corrected chi connectivity index (χ0v) is 39.1. The Kier molecular flexibility index (Phi) is 17.6. The first kappa shape index (κ1) is 50.8. The maximum Gasteiger partial charge on any atom is 0.338 e. The Hall–Kier alpha value is -7.57. The fourth-order valence-corrected chi connectivity index (χ4v) is 8.23. The summed E-state index contributed by atoms with van der Waals surface area (Å²) in [5, 5.41) is 14.4. The van der Waals surface area contributed by atoms with Crippen molar-refractivity contribution in [2.75, 3.05) is 13.2 Å². The quantitative estimate of drug-likeness (QED) is 0.0645. The van der Waals surface area contributed by atoms with E-state index < -0.39 is 97.7 Å². The molecule has 8 rings (SSSR count). The molecule has 0 spiro atoms. The summed E-state index contributed by atoms with van der Waals surface area (Å²) in [5.41, 5.74) is 2.05. The average molecular weight is 980 g/mol. The number of esters is 4. The molecule has 372 valence electrons. The number of carbonyl (C=O) groups excluding carboxylic acids is 5. The molecule has 2 N–H and O–H groups in total. The van der Waals surface area contributed by atoms with Crippen molar-refractivity contribution in [1.29, 1.82) is 0 Å². The minimum absolute atomic E-state index is 0.0450. The topological polar surface area (TPSA) is 201 Å². The van der Waals surface area contributed by atoms with Crippen molar-refractivity contribution in [3.05, 3.63) is 215 Å². The third kappa shape index (κ3) is 13.4. The zero-order chi connectivity index (χ0) is 50.2. The monoisotopic (exact) mass is 979 g/mol. The largest absolute Gasteiger partial charge is 0.459 e. The number of benzene rings is 6. The fourth-order valence-electron chi connectivity index (χ4n) is 8.23. The molecule has 2 saturated heterocycles. The predicted octanol–water partition coefficient (Wildman–Crippen LogP) is 6.65. The van der Waals surface area contributed by atoms with E-state index in [0.29, 0.717) is 0 Å². The number of rotatable bonds is 19. The molecule has 16 heteroatoms. The first-order valence-electron chi connectivity index (χ1n) is 23.3. The Morgan fingerprint density at radius 2 is 0.889 bits per heavy atom. The molecule has 1 amide bonds. The number of carbonyl (C=O) groups is 5. The van der Waals surface area contributed by atoms with E-state index in [2.05, 4.69) is 5.32 Å². The molecule has 2 aliphatic heterocycles. The van der Waals surface area contributed by atoms with E-state index in [1.165, 1.54) is 43.3 Å². The van der Waals surface area contributed by atoms with Crippen molar-refractivity contribution in [3.63, 3.8) is 0 Å². The molecule has 2 aliphatic rings. The smallest absolute Gasteiger partial charge is 0.338 e. The Morgan fingerprint density at radius 1 is 0.472 bits per heavy atom. The van der Waals surface area contributed by atoms with E-state index in [1.807, 2.05) is 60.7 Å². The maximum atomic E-state index is 14.3. The van der Waals surface area contributed by atoms with Gasteiger partial charge in [-0.05, 0) is 59.7 Å². The van der Waals surface area contributed by atoms with E-state index in [4.69, 9.17) is 42.6 Å². The summed E-state index contributed by atoms with van der Waals surface area (Å²) < 4.78 is 57.3. The van der Waals surface area contributed by atoms with E-state index in [1.54, 1.807) is 84.9 Å². The van der Waals surface area contributed by atoms with Crippen LogP contribution in [0.3, 0.4) is 0 Å². The SMILES string of the molecule is CC(=O)N[C@@H]1[C@@H](OCc2ccccc2)[C@H](O[C@@H]2O[C@H](COC(=O)c3ccccc3)[C@@H](OC(=O)c3ccccc3)[C@H](OC(=O)c3ccccc3)[C@H]2OC(=O)c2ccccc2)[C@@H](COCc2ccccc2)O[C@@H]1O. The summed E-state index contributed by atoms with van der Waals surface area (Å²) in [5.74, 6) is -4.00. The second kappa shape index (κ2) is 25.0. The van der Waals surface area contributed by atoms with Gasteiger partial charge in [-0.25, -0.2) is 19.2 Å². The molecule has 72 heavy (non-hydrogen) atoms. The lowest BCUT2D eigenvalue weighted by molar-refractivity contribution is -0.347. The molecule has 6 aromatic carbocycles. The van der Waals surface area contributed by atoms with Crippen molar-refractivity contribution in [3.8, 4) is 0 Å². The molecule has 6 aromatic rings. The summed E-state index contributed by atoms with van der Waals surface area (Å²) >= 11 is 0. The summed E-state index contributed by atoms with van der Waals surface area (Å²) in [4.78, 5) is 69.2. The van der Waals surface area contributed by atoms with Crippen LogP contribution in [0.15, 0.2) is 182 Å². The van der Waals surface area contributed by atoms with Crippen molar-refractivity contribution in [1.82, 2.24) is 5.32 Å². The van der Waals surface area contributed by atoms with Crippen molar-refractivity contribution >= 4 is 29.8 Å². The van der Waals surface area contributed by atoms with Gasteiger partial charge in [0.2, 0.25) is 5.91 Å². The third-order valence-electron chi connectivity index (χ3n) is 11.7. The van der Waals surface area contributed by atoms with E-state index in [0.717, 1.165) is 11.1 Å². The van der Waals surface area contributed by atoms with Crippen LogP contribution >= 0.6 is 0 Å². The molecule has 0 bridgehead atoms. The third-order valence-corrected chi connectivity index (χ3v) is 11.7.